The molecule has 2 aliphatic heterocycles. The van der Waals surface area contributed by atoms with E-state index in [-0.39, 0.29) is 17.4 Å². The van der Waals surface area contributed by atoms with Crippen LogP contribution in [-0.2, 0) is 16.0 Å². The number of likely N-dealkylation sites (tertiary alicyclic amines) is 1. The van der Waals surface area contributed by atoms with Crippen LogP contribution in [0, 0.1) is 0 Å². The van der Waals surface area contributed by atoms with Crippen molar-refractivity contribution < 1.29 is 24.3 Å². The fourth-order valence-corrected chi connectivity index (χ4v) is 4.90. The van der Waals surface area contributed by atoms with Crippen LogP contribution in [0.3, 0.4) is 0 Å². The second-order valence-electron chi connectivity index (χ2n) is 8.90. The number of hydrogen-bond donors (Lipinski definition) is 1. The molecular weight excluding hydrogens is 416 g/mol. The number of carbonyl (C=O) groups excluding carboxylic acids is 2. The summed E-state index contributed by atoms with van der Waals surface area (Å²) in [6.07, 6.45) is 1.56. The number of hydrogen-bond acceptors (Lipinski definition) is 4. The van der Waals surface area contributed by atoms with Crippen molar-refractivity contribution in [3.63, 3.8) is 0 Å². The van der Waals surface area contributed by atoms with Crippen LogP contribution < -0.4 is 14.7 Å². The van der Waals surface area contributed by atoms with Gasteiger partial charge in [-0.2, -0.15) is 0 Å². The number of quaternary nitrogens is 1. The fourth-order valence-electron chi connectivity index (χ4n) is 4.90. The lowest BCUT2D eigenvalue weighted by molar-refractivity contribution is -0.896. The molecule has 0 spiro atoms. The van der Waals surface area contributed by atoms with Gasteiger partial charge in [0.1, 0.15) is 11.9 Å². The molecule has 1 saturated heterocycles. The maximum atomic E-state index is 13.6. The molecule has 1 amide bonds. The van der Waals surface area contributed by atoms with E-state index in [4.69, 9.17) is 4.74 Å². The molecule has 0 aromatic heterocycles. The summed E-state index contributed by atoms with van der Waals surface area (Å²) in [5.41, 5.74) is 2.22. The normalized spacial score (nSPS) is 21.5. The molecule has 6 heteroatoms. The van der Waals surface area contributed by atoms with Crippen molar-refractivity contribution in [2.24, 2.45) is 0 Å². The van der Waals surface area contributed by atoms with Gasteiger partial charge in [-0.1, -0.05) is 42.2 Å². The van der Waals surface area contributed by atoms with Crippen LogP contribution in [0.4, 0.5) is 0 Å². The molecule has 0 radical (unpaired) electrons. The highest BCUT2D eigenvalue weighted by atomic mass is 16.5. The molecular formula is C27H32N2O4. The minimum atomic E-state index is -0.686. The molecule has 0 aliphatic carbocycles. The van der Waals surface area contributed by atoms with Crippen LogP contribution in [0.5, 0.6) is 5.75 Å². The molecule has 0 bridgehead atoms. The fraction of sp³-hybridized carbons (Fsp3) is 0.407. The zero-order valence-electron chi connectivity index (χ0n) is 19.6. The summed E-state index contributed by atoms with van der Waals surface area (Å²) in [5.74, 6) is -0.867. The molecule has 2 aromatic carbocycles. The minimum Gasteiger partial charge on any atom is -0.872 e. The van der Waals surface area contributed by atoms with Gasteiger partial charge >= 0.3 is 0 Å². The van der Waals surface area contributed by atoms with Crippen molar-refractivity contribution in [2.75, 3.05) is 26.2 Å². The van der Waals surface area contributed by atoms with Crippen molar-refractivity contribution >= 4 is 17.4 Å². The van der Waals surface area contributed by atoms with Crippen LogP contribution in [-0.4, -0.2) is 48.9 Å². The topological polar surface area (TPSA) is 74.1 Å². The number of ketones is 1. The summed E-state index contributed by atoms with van der Waals surface area (Å²) in [4.78, 5) is 29.2. The van der Waals surface area contributed by atoms with E-state index in [2.05, 4.69) is 13.8 Å². The van der Waals surface area contributed by atoms with Crippen molar-refractivity contribution in [1.29, 1.82) is 0 Å². The Balaban J connectivity index is 1.71. The Bertz CT molecular complexity index is 1060. The Morgan fingerprint density at radius 2 is 1.85 bits per heavy atom. The highest BCUT2D eigenvalue weighted by molar-refractivity contribution is 6.46. The molecule has 2 aromatic rings. The zero-order valence-corrected chi connectivity index (χ0v) is 19.6. The Hall–Kier alpha value is -3.12. The number of nitrogens with zero attached hydrogens (tertiary/aromatic N) is 1. The summed E-state index contributed by atoms with van der Waals surface area (Å²) in [6.45, 7) is 9.66. The molecule has 4 rings (SSSR count). The maximum absolute atomic E-state index is 13.6. The van der Waals surface area contributed by atoms with Crippen LogP contribution in [0.2, 0.25) is 0 Å². The first-order chi connectivity index (χ1) is 15.9. The van der Waals surface area contributed by atoms with Gasteiger partial charge < -0.3 is 19.6 Å². The largest absolute Gasteiger partial charge is 0.872 e. The third kappa shape index (κ3) is 4.53. The number of benzene rings is 2. The van der Waals surface area contributed by atoms with Gasteiger partial charge in [-0.05, 0) is 49.6 Å². The number of amides is 1. The van der Waals surface area contributed by atoms with Gasteiger partial charge in [-0.15, -0.1) is 0 Å². The predicted molar refractivity (Wildman–Crippen MR) is 125 cm³/mol. The van der Waals surface area contributed by atoms with Crippen LogP contribution in [0.15, 0.2) is 54.1 Å². The number of rotatable bonds is 8. The van der Waals surface area contributed by atoms with Gasteiger partial charge in [0.2, 0.25) is 5.78 Å². The molecule has 33 heavy (non-hydrogen) atoms. The Labute approximate surface area is 195 Å². The SMILES string of the molecule is CC[NH+](CC)CCCN1C(=O)C(=O)C(=C([O-])c2ccc3c(c2)CC(C)O3)C1c1ccccc1. The van der Waals surface area contributed by atoms with Crippen LogP contribution in [0.1, 0.15) is 49.9 Å². The Kier molecular flexibility index (Phi) is 6.84. The van der Waals surface area contributed by atoms with E-state index in [0.29, 0.717) is 12.1 Å². The molecule has 1 fully saturated rings. The van der Waals surface area contributed by atoms with Crippen molar-refractivity contribution in [1.82, 2.24) is 4.90 Å². The van der Waals surface area contributed by atoms with E-state index in [1.807, 2.05) is 37.3 Å². The van der Waals surface area contributed by atoms with Crippen molar-refractivity contribution in [3.05, 3.63) is 70.8 Å². The molecule has 2 heterocycles. The number of carbonyl (C=O) groups is 2. The van der Waals surface area contributed by atoms with E-state index in [0.717, 1.165) is 49.4 Å². The lowest BCUT2D eigenvalue weighted by atomic mass is 9.94. The Morgan fingerprint density at radius 3 is 2.55 bits per heavy atom. The van der Waals surface area contributed by atoms with Crippen molar-refractivity contribution in [2.45, 2.75) is 45.8 Å². The molecule has 174 valence electrons. The maximum Gasteiger partial charge on any atom is 0.295 e. The molecule has 1 N–H and O–H groups in total. The average Bonchev–Trinajstić information content (AvgIpc) is 3.32. The first-order valence-electron chi connectivity index (χ1n) is 11.9. The van der Waals surface area contributed by atoms with Crippen LogP contribution >= 0.6 is 0 Å². The molecule has 0 saturated carbocycles. The van der Waals surface area contributed by atoms with Gasteiger partial charge in [-0.25, -0.2) is 0 Å². The highest BCUT2D eigenvalue weighted by Gasteiger charge is 2.44. The second kappa shape index (κ2) is 9.79. The first-order valence-corrected chi connectivity index (χ1v) is 11.9. The predicted octanol–water partition coefficient (Wildman–Crippen LogP) is 1.55. The molecule has 2 atom stereocenters. The van der Waals surface area contributed by atoms with Gasteiger partial charge in [0.25, 0.3) is 5.91 Å². The third-order valence-corrected chi connectivity index (χ3v) is 6.73. The van der Waals surface area contributed by atoms with E-state index in [1.54, 1.807) is 23.1 Å². The summed E-state index contributed by atoms with van der Waals surface area (Å²) in [6, 6.07) is 14.0. The standard InChI is InChI=1S/C27H32N2O4/c1-4-28(5-2)14-9-15-29-24(19-10-7-6-8-11-19)23(26(31)27(29)32)25(30)20-12-13-22-21(17-20)16-18(3)33-22/h6-8,10-13,17-18,24,30H,4-5,9,14-16H2,1-3H3. The summed E-state index contributed by atoms with van der Waals surface area (Å²) in [5, 5.41) is 13.6. The molecule has 6 nitrogen and oxygen atoms in total. The van der Waals surface area contributed by atoms with Crippen molar-refractivity contribution in [3.8, 4) is 5.75 Å². The number of Topliss-reactive ketones (excluding diaryl/α,β-unsaturated/α-hetero) is 1. The minimum absolute atomic E-state index is 0.0494. The lowest BCUT2D eigenvalue weighted by Gasteiger charge is -2.28. The van der Waals surface area contributed by atoms with E-state index >= 15 is 0 Å². The number of nitrogens with one attached hydrogen (secondary N) is 1. The van der Waals surface area contributed by atoms with Gasteiger partial charge in [0, 0.05) is 25.0 Å². The van der Waals surface area contributed by atoms with Gasteiger partial charge in [0.05, 0.1) is 25.7 Å². The number of fused-ring (bicyclic) bond motifs is 1. The molecule has 2 aliphatic rings. The zero-order chi connectivity index (χ0) is 23.5. The first kappa shape index (κ1) is 23.1. The van der Waals surface area contributed by atoms with E-state index in [9.17, 15) is 14.7 Å². The third-order valence-electron chi connectivity index (χ3n) is 6.73. The quantitative estimate of drug-likeness (QED) is 0.378. The lowest BCUT2D eigenvalue weighted by Crippen LogP contribution is -3.11. The highest BCUT2D eigenvalue weighted by Crippen LogP contribution is 2.39. The second-order valence-corrected chi connectivity index (χ2v) is 8.90. The summed E-state index contributed by atoms with van der Waals surface area (Å²) < 4.78 is 5.75. The van der Waals surface area contributed by atoms with Crippen LogP contribution in [0.25, 0.3) is 5.76 Å². The van der Waals surface area contributed by atoms with Gasteiger partial charge in [0.15, 0.2) is 0 Å². The van der Waals surface area contributed by atoms with E-state index < -0.39 is 17.7 Å². The smallest absolute Gasteiger partial charge is 0.295 e. The summed E-state index contributed by atoms with van der Waals surface area (Å²) >= 11 is 0. The monoisotopic (exact) mass is 448 g/mol. The molecule has 2 unspecified atom stereocenters. The number of ether oxygens (including phenoxy) is 1. The van der Waals surface area contributed by atoms with E-state index in [1.165, 1.54) is 4.90 Å². The Morgan fingerprint density at radius 1 is 1.12 bits per heavy atom. The average molecular weight is 449 g/mol. The van der Waals surface area contributed by atoms with Gasteiger partial charge in [-0.3, -0.25) is 9.59 Å². The summed E-state index contributed by atoms with van der Waals surface area (Å²) in [7, 11) is 0.